The average Bonchev–Trinajstić information content (AvgIpc) is 2.79. The van der Waals surface area contributed by atoms with Gasteiger partial charge in [-0.25, -0.2) is 5.32 Å². The van der Waals surface area contributed by atoms with Gasteiger partial charge in [-0.3, -0.25) is 9.59 Å². The molecule has 0 aromatic carbocycles. The zero-order valence-corrected chi connectivity index (χ0v) is 10.2. The van der Waals surface area contributed by atoms with Crippen molar-refractivity contribution in [2.45, 2.75) is 37.9 Å². The van der Waals surface area contributed by atoms with Crippen LogP contribution in [0.5, 0.6) is 0 Å². The highest BCUT2D eigenvalue weighted by Gasteiger charge is 2.59. The molecule has 4 atom stereocenters. The molecule has 4 unspecified atom stereocenters. The lowest BCUT2D eigenvalue weighted by Gasteiger charge is -2.19. The molecule has 2 amide bonds. The van der Waals surface area contributed by atoms with Gasteiger partial charge in [0, 0.05) is 13.1 Å². The molecule has 6 heteroatoms. The van der Waals surface area contributed by atoms with E-state index < -0.39 is 12.1 Å². The molecule has 1 saturated heterocycles. The van der Waals surface area contributed by atoms with E-state index in [2.05, 4.69) is 16.0 Å². The molecule has 4 N–H and O–H groups in total. The van der Waals surface area contributed by atoms with Crippen molar-refractivity contribution in [3.8, 4) is 0 Å². The summed E-state index contributed by atoms with van der Waals surface area (Å²) in [6, 6.07) is -1.15. The van der Waals surface area contributed by atoms with Crippen molar-refractivity contribution in [1.29, 1.82) is 0 Å². The largest absolute Gasteiger partial charge is 0.347 e. The van der Waals surface area contributed by atoms with E-state index in [-0.39, 0.29) is 17.4 Å². The summed E-state index contributed by atoms with van der Waals surface area (Å²) in [5.74, 6) is 0.0370. The minimum Gasteiger partial charge on any atom is -0.347 e. The minimum absolute atomic E-state index is 0.107. The molecule has 95 valence electrons. The first-order chi connectivity index (χ1) is 7.94. The fourth-order valence-corrected chi connectivity index (χ4v) is 2.19. The van der Waals surface area contributed by atoms with Crippen molar-refractivity contribution in [2.24, 2.45) is 11.7 Å². The molecule has 2 aliphatic rings. The van der Waals surface area contributed by atoms with Crippen LogP contribution in [0, 0.1) is 5.92 Å². The highest BCUT2D eigenvalue weighted by Crippen LogP contribution is 2.46. The van der Waals surface area contributed by atoms with Crippen molar-refractivity contribution < 1.29 is 9.59 Å². The van der Waals surface area contributed by atoms with Gasteiger partial charge in [-0.2, -0.15) is 0 Å². The van der Waals surface area contributed by atoms with E-state index in [0.29, 0.717) is 12.5 Å². The Hall–Kier alpha value is -1.14. The molecule has 0 spiro atoms. The van der Waals surface area contributed by atoms with Gasteiger partial charge in [-0.15, -0.1) is 0 Å². The number of fused-ring (bicyclic) bond motifs is 1. The lowest BCUT2D eigenvalue weighted by molar-refractivity contribution is -0.129. The standard InChI is InChI=1S/C11H19N4O2/c1-6(12)9(16)14-7(2)10(17)15-11-3-8(11)4-13-5-11/h6-8H,3-5,12H2,1-2H3,(H,14,16)(H,15,17). The van der Waals surface area contributed by atoms with Crippen molar-refractivity contribution in [1.82, 2.24) is 16.0 Å². The van der Waals surface area contributed by atoms with E-state index in [9.17, 15) is 9.59 Å². The molecule has 1 heterocycles. The van der Waals surface area contributed by atoms with E-state index in [1.165, 1.54) is 0 Å². The number of hydrogen-bond acceptors (Lipinski definition) is 3. The third-order valence-corrected chi connectivity index (χ3v) is 3.51. The fourth-order valence-electron chi connectivity index (χ4n) is 2.19. The summed E-state index contributed by atoms with van der Waals surface area (Å²) in [6.45, 7) is 4.80. The molecular weight excluding hydrogens is 220 g/mol. The molecule has 1 radical (unpaired) electrons. The maximum atomic E-state index is 11.9. The molecule has 1 aliphatic heterocycles. The van der Waals surface area contributed by atoms with Gasteiger partial charge in [0.05, 0.1) is 11.6 Å². The van der Waals surface area contributed by atoms with Crippen LogP contribution in [-0.4, -0.2) is 42.5 Å². The number of nitrogens with zero attached hydrogens (tertiary/aromatic N) is 1. The summed E-state index contributed by atoms with van der Waals surface area (Å²) >= 11 is 0. The van der Waals surface area contributed by atoms with Gasteiger partial charge in [0.15, 0.2) is 0 Å². The van der Waals surface area contributed by atoms with E-state index in [1.54, 1.807) is 13.8 Å². The van der Waals surface area contributed by atoms with Crippen LogP contribution in [0.1, 0.15) is 20.3 Å². The summed E-state index contributed by atoms with van der Waals surface area (Å²) < 4.78 is 0. The zero-order valence-electron chi connectivity index (χ0n) is 10.2. The maximum absolute atomic E-state index is 11.9. The predicted molar refractivity (Wildman–Crippen MR) is 62.1 cm³/mol. The molecule has 2 fully saturated rings. The van der Waals surface area contributed by atoms with E-state index in [4.69, 9.17) is 5.73 Å². The van der Waals surface area contributed by atoms with Crippen LogP contribution >= 0.6 is 0 Å². The Kier molecular flexibility index (Phi) is 3.09. The van der Waals surface area contributed by atoms with Gasteiger partial charge in [-0.1, -0.05) is 0 Å². The first-order valence-corrected chi connectivity index (χ1v) is 5.96. The van der Waals surface area contributed by atoms with Gasteiger partial charge in [0.25, 0.3) is 0 Å². The highest BCUT2D eigenvalue weighted by molar-refractivity contribution is 5.89. The Balaban J connectivity index is 1.82. The Labute approximate surface area is 101 Å². The number of rotatable bonds is 4. The molecule has 1 saturated carbocycles. The number of carbonyl (C=O) groups excluding carboxylic acids is 2. The van der Waals surface area contributed by atoms with Crippen LogP contribution in [0.15, 0.2) is 0 Å². The Morgan fingerprint density at radius 2 is 2.12 bits per heavy atom. The molecular formula is C11H19N4O2. The van der Waals surface area contributed by atoms with Crippen molar-refractivity contribution in [3.63, 3.8) is 0 Å². The van der Waals surface area contributed by atoms with Crippen LogP contribution in [0.2, 0.25) is 0 Å². The second-order valence-corrected chi connectivity index (χ2v) is 5.13. The Bertz CT molecular complexity index is 344. The number of piperidine rings is 1. The van der Waals surface area contributed by atoms with E-state index in [1.807, 2.05) is 0 Å². The van der Waals surface area contributed by atoms with Crippen molar-refractivity contribution >= 4 is 11.8 Å². The zero-order chi connectivity index (χ0) is 12.6. The van der Waals surface area contributed by atoms with Gasteiger partial charge >= 0.3 is 0 Å². The number of hydrogen-bond donors (Lipinski definition) is 3. The SMILES string of the molecule is CC(N)C(=O)NC(C)C(=O)NC12C[N]CC1C2. The topological polar surface area (TPSA) is 98.3 Å². The van der Waals surface area contributed by atoms with Crippen LogP contribution in [0.4, 0.5) is 0 Å². The molecule has 2 rings (SSSR count). The molecule has 0 bridgehead atoms. The molecule has 17 heavy (non-hydrogen) atoms. The molecule has 6 nitrogen and oxygen atoms in total. The quantitative estimate of drug-likeness (QED) is 0.547. The summed E-state index contributed by atoms with van der Waals surface area (Å²) in [5, 5.41) is 9.83. The van der Waals surface area contributed by atoms with E-state index >= 15 is 0 Å². The summed E-state index contributed by atoms with van der Waals surface area (Å²) in [6.07, 6.45) is 1.01. The lowest BCUT2D eigenvalue weighted by Crippen LogP contribution is -2.52. The second kappa shape index (κ2) is 4.27. The number of nitrogens with two attached hydrogens (primary N) is 1. The normalized spacial score (nSPS) is 33.5. The lowest BCUT2D eigenvalue weighted by atomic mass is 10.2. The van der Waals surface area contributed by atoms with Gasteiger partial charge in [0.1, 0.15) is 6.04 Å². The number of carbonyl (C=O) groups is 2. The Morgan fingerprint density at radius 1 is 1.41 bits per heavy atom. The monoisotopic (exact) mass is 239 g/mol. The third-order valence-electron chi connectivity index (χ3n) is 3.51. The van der Waals surface area contributed by atoms with Crippen molar-refractivity contribution in [3.05, 3.63) is 0 Å². The highest BCUT2D eigenvalue weighted by atomic mass is 16.2. The Morgan fingerprint density at radius 3 is 2.59 bits per heavy atom. The predicted octanol–water partition coefficient (Wildman–Crippen LogP) is -1.67. The number of nitrogens with one attached hydrogen (secondary N) is 2. The third kappa shape index (κ3) is 2.42. The van der Waals surface area contributed by atoms with Crippen LogP contribution in [0.3, 0.4) is 0 Å². The first kappa shape index (κ1) is 12.3. The number of amides is 2. The summed E-state index contributed by atoms with van der Waals surface area (Å²) in [7, 11) is 0. The second-order valence-electron chi connectivity index (χ2n) is 5.13. The van der Waals surface area contributed by atoms with Crippen LogP contribution < -0.4 is 21.7 Å². The smallest absolute Gasteiger partial charge is 0.242 e. The average molecular weight is 239 g/mol. The van der Waals surface area contributed by atoms with Crippen LogP contribution in [0.25, 0.3) is 0 Å². The maximum Gasteiger partial charge on any atom is 0.242 e. The summed E-state index contributed by atoms with van der Waals surface area (Å²) in [4.78, 5) is 23.2. The van der Waals surface area contributed by atoms with Gasteiger partial charge in [-0.05, 0) is 26.2 Å². The fraction of sp³-hybridized carbons (Fsp3) is 0.818. The first-order valence-electron chi connectivity index (χ1n) is 5.96. The molecule has 1 aliphatic carbocycles. The van der Waals surface area contributed by atoms with Crippen molar-refractivity contribution in [2.75, 3.05) is 13.1 Å². The molecule has 0 aromatic heterocycles. The minimum atomic E-state index is -0.599. The van der Waals surface area contributed by atoms with E-state index in [0.717, 1.165) is 13.0 Å². The van der Waals surface area contributed by atoms with Gasteiger partial charge < -0.3 is 16.4 Å². The molecule has 0 aromatic rings. The van der Waals surface area contributed by atoms with Crippen LogP contribution in [-0.2, 0) is 9.59 Å². The van der Waals surface area contributed by atoms with Gasteiger partial charge in [0.2, 0.25) is 11.8 Å². The summed E-state index contributed by atoms with van der Waals surface area (Å²) in [5.41, 5.74) is 5.32.